The highest BCUT2D eigenvalue weighted by atomic mass is 16.5. The Morgan fingerprint density at radius 2 is 2.19 bits per heavy atom. The summed E-state index contributed by atoms with van der Waals surface area (Å²) >= 11 is 0. The Hall–Kier alpha value is -1.71. The second kappa shape index (κ2) is 4.04. The van der Waals surface area contributed by atoms with Gasteiger partial charge in [-0.25, -0.2) is 4.79 Å². The number of ether oxygens (including phenoxy) is 1. The fraction of sp³-hybridized carbons (Fsp3) is 0.417. The van der Waals surface area contributed by atoms with E-state index in [4.69, 9.17) is 10.5 Å². The molecule has 16 heavy (non-hydrogen) atoms. The van der Waals surface area contributed by atoms with Crippen LogP contribution in [0.5, 0.6) is 0 Å². The minimum Gasteiger partial charge on any atom is -0.465 e. The second-order valence-corrected chi connectivity index (χ2v) is 4.16. The van der Waals surface area contributed by atoms with Crippen LogP contribution in [0.2, 0.25) is 0 Å². The van der Waals surface area contributed by atoms with Gasteiger partial charge in [0.1, 0.15) is 0 Å². The molecule has 1 aliphatic carbocycles. The molecule has 0 atom stereocenters. The first kappa shape index (κ1) is 10.8. The largest absolute Gasteiger partial charge is 0.465 e. The molecule has 1 aromatic rings. The number of nitrogens with one attached hydrogen (secondary N) is 1. The van der Waals surface area contributed by atoms with E-state index >= 15 is 0 Å². The lowest BCUT2D eigenvalue weighted by Gasteiger charge is -2.12. The molecule has 4 nitrogen and oxygen atoms in total. The topological polar surface area (TPSA) is 64.3 Å². The maximum atomic E-state index is 11.4. The Morgan fingerprint density at radius 1 is 1.50 bits per heavy atom. The van der Waals surface area contributed by atoms with Gasteiger partial charge in [-0.05, 0) is 37.5 Å². The number of hydrogen-bond donors (Lipinski definition) is 2. The molecule has 0 amide bonds. The van der Waals surface area contributed by atoms with Gasteiger partial charge in [0.05, 0.1) is 24.0 Å². The summed E-state index contributed by atoms with van der Waals surface area (Å²) in [5.74, 6) is -0.345. The number of anilines is 2. The van der Waals surface area contributed by atoms with Crippen molar-refractivity contribution < 1.29 is 9.53 Å². The third-order valence-electron chi connectivity index (χ3n) is 2.74. The van der Waals surface area contributed by atoms with Gasteiger partial charge in [0.25, 0.3) is 0 Å². The van der Waals surface area contributed by atoms with Crippen molar-refractivity contribution in [3.8, 4) is 0 Å². The molecule has 4 heteroatoms. The molecule has 1 fully saturated rings. The van der Waals surface area contributed by atoms with Gasteiger partial charge in [0.2, 0.25) is 0 Å². The molecule has 1 saturated carbocycles. The van der Waals surface area contributed by atoms with Crippen molar-refractivity contribution in [1.29, 1.82) is 0 Å². The maximum Gasteiger partial charge on any atom is 0.338 e. The second-order valence-electron chi connectivity index (χ2n) is 4.16. The number of rotatable bonds is 3. The van der Waals surface area contributed by atoms with Gasteiger partial charge in [-0.2, -0.15) is 0 Å². The average Bonchev–Trinajstić information content (AvgIpc) is 3.05. The highest BCUT2D eigenvalue weighted by molar-refractivity contribution is 5.93. The lowest BCUT2D eigenvalue weighted by Crippen LogP contribution is -2.09. The van der Waals surface area contributed by atoms with Crippen molar-refractivity contribution in [2.45, 2.75) is 25.8 Å². The van der Waals surface area contributed by atoms with Crippen molar-refractivity contribution in [2.24, 2.45) is 0 Å². The fourth-order valence-electron chi connectivity index (χ4n) is 1.63. The summed E-state index contributed by atoms with van der Waals surface area (Å²) in [5.41, 5.74) is 8.80. The third kappa shape index (κ3) is 2.10. The molecule has 1 aromatic carbocycles. The fourth-order valence-corrected chi connectivity index (χ4v) is 1.63. The van der Waals surface area contributed by atoms with Crippen LogP contribution in [0.1, 0.15) is 28.8 Å². The van der Waals surface area contributed by atoms with E-state index in [0.29, 0.717) is 17.3 Å². The smallest absolute Gasteiger partial charge is 0.338 e. The molecule has 0 aromatic heterocycles. The molecule has 1 aliphatic rings. The van der Waals surface area contributed by atoms with Crippen LogP contribution in [0, 0.1) is 6.92 Å². The first-order valence-electron chi connectivity index (χ1n) is 5.37. The lowest BCUT2D eigenvalue weighted by molar-refractivity contribution is 0.0600. The summed E-state index contributed by atoms with van der Waals surface area (Å²) in [6.45, 7) is 1.88. The number of benzene rings is 1. The van der Waals surface area contributed by atoms with Crippen LogP contribution in [-0.4, -0.2) is 19.1 Å². The van der Waals surface area contributed by atoms with Gasteiger partial charge in [-0.15, -0.1) is 0 Å². The molecule has 0 aliphatic heterocycles. The number of carbonyl (C=O) groups is 1. The first-order chi connectivity index (χ1) is 7.61. The quantitative estimate of drug-likeness (QED) is 0.603. The molecule has 86 valence electrons. The van der Waals surface area contributed by atoms with E-state index in [9.17, 15) is 4.79 Å². The number of aryl methyl sites for hydroxylation is 1. The average molecular weight is 220 g/mol. The number of hydrogen-bond acceptors (Lipinski definition) is 4. The minimum absolute atomic E-state index is 0.345. The highest BCUT2D eigenvalue weighted by Crippen LogP contribution is 2.30. The van der Waals surface area contributed by atoms with Crippen LogP contribution in [0.3, 0.4) is 0 Å². The highest BCUT2D eigenvalue weighted by Gasteiger charge is 2.22. The summed E-state index contributed by atoms with van der Waals surface area (Å²) in [6.07, 6.45) is 2.38. The van der Waals surface area contributed by atoms with E-state index in [1.54, 1.807) is 6.07 Å². The molecule has 0 spiro atoms. The normalized spacial score (nSPS) is 14.6. The van der Waals surface area contributed by atoms with E-state index in [0.717, 1.165) is 11.3 Å². The molecule has 0 saturated heterocycles. The predicted octanol–water partition coefficient (Wildman–Crippen LogP) is 1.94. The number of carbonyl (C=O) groups excluding carboxylic acids is 1. The van der Waals surface area contributed by atoms with Crippen molar-refractivity contribution >= 4 is 17.3 Å². The third-order valence-corrected chi connectivity index (χ3v) is 2.74. The lowest BCUT2D eigenvalue weighted by atomic mass is 10.1. The zero-order valence-electron chi connectivity index (χ0n) is 9.54. The predicted molar refractivity (Wildman–Crippen MR) is 63.6 cm³/mol. The van der Waals surface area contributed by atoms with Gasteiger partial charge >= 0.3 is 5.97 Å². The zero-order chi connectivity index (χ0) is 11.7. The minimum atomic E-state index is -0.345. The Kier molecular flexibility index (Phi) is 2.73. The van der Waals surface area contributed by atoms with Crippen LogP contribution < -0.4 is 11.1 Å². The molecule has 0 heterocycles. The van der Waals surface area contributed by atoms with Crippen LogP contribution in [-0.2, 0) is 4.74 Å². The molecular formula is C12H16N2O2. The molecule has 2 rings (SSSR count). The van der Waals surface area contributed by atoms with E-state index in [-0.39, 0.29) is 5.97 Å². The molecular weight excluding hydrogens is 204 g/mol. The summed E-state index contributed by atoms with van der Waals surface area (Å²) in [6, 6.07) is 4.12. The SMILES string of the molecule is COC(=O)c1cc(N)c(NC2CC2)cc1C. The standard InChI is InChI=1S/C12H16N2O2/c1-7-5-11(14-8-3-4-8)10(13)6-9(7)12(15)16-2/h5-6,8,14H,3-4,13H2,1-2H3. The van der Waals surface area contributed by atoms with E-state index < -0.39 is 0 Å². The van der Waals surface area contributed by atoms with Gasteiger partial charge in [-0.3, -0.25) is 0 Å². The summed E-state index contributed by atoms with van der Waals surface area (Å²) < 4.78 is 4.69. The number of nitrogens with two attached hydrogens (primary N) is 1. The van der Waals surface area contributed by atoms with Crippen LogP contribution in [0.15, 0.2) is 12.1 Å². The van der Waals surface area contributed by atoms with Crippen LogP contribution >= 0.6 is 0 Å². The number of methoxy groups -OCH3 is 1. The van der Waals surface area contributed by atoms with Crippen LogP contribution in [0.25, 0.3) is 0 Å². The van der Waals surface area contributed by atoms with Crippen LogP contribution in [0.4, 0.5) is 11.4 Å². The van der Waals surface area contributed by atoms with E-state index in [1.807, 2.05) is 13.0 Å². The first-order valence-corrected chi connectivity index (χ1v) is 5.37. The Bertz CT molecular complexity index is 425. The number of nitrogen functional groups attached to an aromatic ring is 1. The molecule has 3 N–H and O–H groups in total. The van der Waals surface area contributed by atoms with Gasteiger partial charge in [0.15, 0.2) is 0 Å². The Balaban J connectivity index is 2.29. The van der Waals surface area contributed by atoms with E-state index in [1.165, 1.54) is 20.0 Å². The molecule has 0 radical (unpaired) electrons. The molecule has 0 unspecified atom stereocenters. The van der Waals surface area contributed by atoms with Gasteiger partial charge < -0.3 is 15.8 Å². The van der Waals surface area contributed by atoms with Crippen molar-refractivity contribution in [1.82, 2.24) is 0 Å². The maximum absolute atomic E-state index is 11.4. The zero-order valence-corrected chi connectivity index (χ0v) is 9.54. The van der Waals surface area contributed by atoms with E-state index in [2.05, 4.69) is 5.32 Å². The Morgan fingerprint density at radius 3 is 2.75 bits per heavy atom. The summed E-state index contributed by atoms with van der Waals surface area (Å²) in [7, 11) is 1.37. The van der Waals surface area contributed by atoms with Gasteiger partial charge in [-0.1, -0.05) is 0 Å². The van der Waals surface area contributed by atoms with Crippen molar-refractivity contribution in [3.05, 3.63) is 23.3 Å². The monoisotopic (exact) mass is 220 g/mol. The van der Waals surface area contributed by atoms with Gasteiger partial charge in [0, 0.05) is 6.04 Å². The van der Waals surface area contributed by atoms with Crippen molar-refractivity contribution in [3.63, 3.8) is 0 Å². The number of esters is 1. The summed E-state index contributed by atoms with van der Waals surface area (Å²) in [5, 5.41) is 3.33. The summed E-state index contributed by atoms with van der Waals surface area (Å²) in [4.78, 5) is 11.4. The molecule has 0 bridgehead atoms. The van der Waals surface area contributed by atoms with Crippen molar-refractivity contribution in [2.75, 3.05) is 18.2 Å². The Labute approximate surface area is 94.8 Å².